The number of fused-ring (bicyclic) bond motifs is 1. The van der Waals surface area contributed by atoms with Crippen molar-refractivity contribution in [1.29, 1.82) is 0 Å². The number of hydrogen-bond donors (Lipinski definition) is 3. The standard InChI is InChI=1S/C15H21N3O/c1-3-10(2)18-15(19)13(16)8-11-9-17-14-7-5-4-6-12(11)14/h4-7,9-10,13,17H,3,8,16H2,1-2H3,(H,18,19)/t10?,13-/m0/s1. The Balaban J connectivity index is 2.06. The molecule has 102 valence electrons. The number of aromatic amines is 1. The molecule has 1 amide bonds. The molecule has 0 bridgehead atoms. The molecule has 1 unspecified atom stereocenters. The van der Waals surface area contributed by atoms with Crippen molar-refractivity contribution < 1.29 is 4.79 Å². The van der Waals surface area contributed by atoms with Crippen LogP contribution in [0.15, 0.2) is 30.5 Å². The SMILES string of the molecule is CCC(C)NC(=O)[C@@H](N)Cc1c[nH]c2ccccc12. The summed E-state index contributed by atoms with van der Waals surface area (Å²) in [4.78, 5) is 15.1. The number of amides is 1. The zero-order valence-electron chi connectivity index (χ0n) is 11.4. The molecule has 19 heavy (non-hydrogen) atoms. The van der Waals surface area contributed by atoms with Gasteiger partial charge in [0.25, 0.3) is 0 Å². The Kier molecular flexibility index (Phi) is 4.22. The number of carbonyl (C=O) groups excluding carboxylic acids is 1. The van der Waals surface area contributed by atoms with Gasteiger partial charge in [0.05, 0.1) is 6.04 Å². The number of hydrogen-bond acceptors (Lipinski definition) is 2. The summed E-state index contributed by atoms with van der Waals surface area (Å²) < 4.78 is 0. The molecule has 4 N–H and O–H groups in total. The number of nitrogens with two attached hydrogens (primary N) is 1. The highest BCUT2D eigenvalue weighted by molar-refractivity contribution is 5.86. The van der Waals surface area contributed by atoms with Crippen LogP contribution in [-0.2, 0) is 11.2 Å². The molecule has 0 aliphatic rings. The van der Waals surface area contributed by atoms with Crippen molar-refractivity contribution in [3.05, 3.63) is 36.0 Å². The maximum Gasteiger partial charge on any atom is 0.237 e. The molecular weight excluding hydrogens is 238 g/mol. The van der Waals surface area contributed by atoms with E-state index in [9.17, 15) is 4.79 Å². The van der Waals surface area contributed by atoms with Crippen LogP contribution in [0.5, 0.6) is 0 Å². The highest BCUT2D eigenvalue weighted by Gasteiger charge is 2.17. The van der Waals surface area contributed by atoms with Crippen molar-refractivity contribution in [3.8, 4) is 0 Å². The summed E-state index contributed by atoms with van der Waals surface area (Å²) in [5.74, 6) is -0.0837. The first-order valence-corrected chi connectivity index (χ1v) is 6.72. The molecule has 1 heterocycles. The number of para-hydroxylation sites is 1. The molecule has 4 nitrogen and oxygen atoms in total. The molecule has 0 aliphatic heterocycles. The van der Waals surface area contributed by atoms with Crippen molar-refractivity contribution in [1.82, 2.24) is 10.3 Å². The maximum atomic E-state index is 11.9. The largest absolute Gasteiger partial charge is 0.361 e. The minimum Gasteiger partial charge on any atom is -0.361 e. The zero-order chi connectivity index (χ0) is 13.8. The van der Waals surface area contributed by atoms with Gasteiger partial charge in [0.2, 0.25) is 5.91 Å². The van der Waals surface area contributed by atoms with E-state index in [1.165, 1.54) is 0 Å². The highest BCUT2D eigenvalue weighted by atomic mass is 16.2. The lowest BCUT2D eigenvalue weighted by Crippen LogP contribution is -2.45. The Morgan fingerprint density at radius 3 is 2.89 bits per heavy atom. The van der Waals surface area contributed by atoms with Gasteiger partial charge in [-0.3, -0.25) is 4.79 Å². The number of benzene rings is 1. The predicted molar refractivity (Wildman–Crippen MR) is 77.9 cm³/mol. The Morgan fingerprint density at radius 1 is 1.42 bits per heavy atom. The van der Waals surface area contributed by atoms with Gasteiger partial charge in [0.1, 0.15) is 0 Å². The number of carbonyl (C=O) groups is 1. The molecule has 0 radical (unpaired) electrons. The first-order valence-electron chi connectivity index (χ1n) is 6.72. The van der Waals surface area contributed by atoms with Gasteiger partial charge in [-0.25, -0.2) is 0 Å². The summed E-state index contributed by atoms with van der Waals surface area (Å²) in [7, 11) is 0. The van der Waals surface area contributed by atoms with E-state index in [-0.39, 0.29) is 11.9 Å². The van der Waals surface area contributed by atoms with Crippen LogP contribution >= 0.6 is 0 Å². The van der Waals surface area contributed by atoms with E-state index in [1.54, 1.807) is 0 Å². The summed E-state index contributed by atoms with van der Waals surface area (Å²) in [5.41, 5.74) is 8.14. The van der Waals surface area contributed by atoms with E-state index in [0.717, 1.165) is 22.9 Å². The Bertz CT molecular complexity index is 561. The molecule has 0 saturated carbocycles. The predicted octanol–water partition coefficient (Wildman–Crippen LogP) is 1.95. The Morgan fingerprint density at radius 2 is 2.16 bits per heavy atom. The van der Waals surface area contributed by atoms with Gasteiger partial charge in [-0.05, 0) is 31.4 Å². The van der Waals surface area contributed by atoms with Gasteiger partial charge in [-0.2, -0.15) is 0 Å². The summed E-state index contributed by atoms with van der Waals surface area (Å²) >= 11 is 0. The lowest BCUT2D eigenvalue weighted by Gasteiger charge is -2.16. The second-order valence-corrected chi connectivity index (χ2v) is 4.99. The van der Waals surface area contributed by atoms with Gasteiger partial charge in [0.15, 0.2) is 0 Å². The van der Waals surface area contributed by atoms with Crippen LogP contribution < -0.4 is 11.1 Å². The van der Waals surface area contributed by atoms with Crippen LogP contribution in [0.1, 0.15) is 25.8 Å². The molecule has 1 aromatic heterocycles. The molecular formula is C15H21N3O. The maximum absolute atomic E-state index is 11.9. The molecule has 4 heteroatoms. The van der Waals surface area contributed by atoms with Crippen LogP contribution in [0.2, 0.25) is 0 Å². The Hall–Kier alpha value is -1.81. The molecule has 1 aromatic carbocycles. The molecule has 2 atom stereocenters. The topological polar surface area (TPSA) is 70.9 Å². The van der Waals surface area contributed by atoms with Gasteiger partial charge >= 0.3 is 0 Å². The van der Waals surface area contributed by atoms with Crippen molar-refractivity contribution in [2.45, 2.75) is 38.8 Å². The smallest absolute Gasteiger partial charge is 0.237 e. The van der Waals surface area contributed by atoms with Crippen molar-refractivity contribution in [2.75, 3.05) is 0 Å². The van der Waals surface area contributed by atoms with Crippen molar-refractivity contribution >= 4 is 16.8 Å². The summed E-state index contributed by atoms with van der Waals surface area (Å²) in [6, 6.07) is 7.70. The first-order chi connectivity index (χ1) is 9.11. The molecule has 2 aromatic rings. The lowest BCUT2D eigenvalue weighted by molar-refractivity contribution is -0.122. The fourth-order valence-corrected chi connectivity index (χ4v) is 2.08. The molecule has 0 spiro atoms. The van der Waals surface area contributed by atoms with Crippen LogP contribution in [0, 0.1) is 0 Å². The van der Waals surface area contributed by atoms with Gasteiger partial charge in [-0.15, -0.1) is 0 Å². The summed E-state index contributed by atoms with van der Waals surface area (Å²) in [6.45, 7) is 4.02. The second kappa shape index (κ2) is 5.89. The average Bonchev–Trinajstić information content (AvgIpc) is 2.82. The van der Waals surface area contributed by atoms with E-state index < -0.39 is 6.04 Å². The van der Waals surface area contributed by atoms with Gasteiger partial charge in [0, 0.05) is 23.1 Å². The van der Waals surface area contributed by atoms with Crippen LogP contribution in [0.4, 0.5) is 0 Å². The normalized spacial score (nSPS) is 14.3. The number of nitrogens with one attached hydrogen (secondary N) is 2. The highest BCUT2D eigenvalue weighted by Crippen LogP contribution is 2.18. The zero-order valence-corrected chi connectivity index (χ0v) is 11.4. The van der Waals surface area contributed by atoms with E-state index in [1.807, 2.05) is 44.3 Å². The lowest BCUT2D eigenvalue weighted by atomic mass is 10.0. The summed E-state index contributed by atoms with van der Waals surface area (Å²) in [6.07, 6.45) is 3.39. The van der Waals surface area contributed by atoms with Crippen molar-refractivity contribution in [3.63, 3.8) is 0 Å². The van der Waals surface area contributed by atoms with E-state index in [2.05, 4.69) is 10.3 Å². The third-order valence-electron chi connectivity index (χ3n) is 3.45. The molecule has 0 saturated heterocycles. The van der Waals surface area contributed by atoms with Gasteiger partial charge in [-0.1, -0.05) is 25.1 Å². The molecule has 0 aliphatic carbocycles. The van der Waals surface area contributed by atoms with E-state index in [4.69, 9.17) is 5.73 Å². The fraction of sp³-hybridized carbons (Fsp3) is 0.400. The van der Waals surface area contributed by atoms with Crippen molar-refractivity contribution in [2.24, 2.45) is 5.73 Å². The van der Waals surface area contributed by atoms with Crippen LogP contribution in [0.25, 0.3) is 10.9 Å². The molecule has 2 rings (SSSR count). The van der Waals surface area contributed by atoms with Crippen LogP contribution in [0.3, 0.4) is 0 Å². The first kappa shape index (κ1) is 13.6. The van der Waals surface area contributed by atoms with Gasteiger partial charge < -0.3 is 16.0 Å². The Labute approximate surface area is 113 Å². The summed E-state index contributed by atoms with van der Waals surface area (Å²) in [5, 5.41) is 4.05. The van der Waals surface area contributed by atoms with E-state index >= 15 is 0 Å². The third kappa shape index (κ3) is 3.15. The second-order valence-electron chi connectivity index (χ2n) is 4.99. The quantitative estimate of drug-likeness (QED) is 0.768. The van der Waals surface area contributed by atoms with Crippen LogP contribution in [-0.4, -0.2) is 23.0 Å². The van der Waals surface area contributed by atoms with E-state index in [0.29, 0.717) is 6.42 Å². The minimum absolute atomic E-state index is 0.0837. The number of rotatable bonds is 5. The number of aromatic nitrogens is 1. The molecule has 0 fully saturated rings. The average molecular weight is 259 g/mol. The fourth-order valence-electron chi connectivity index (χ4n) is 2.08. The minimum atomic E-state index is -0.506. The monoisotopic (exact) mass is 259 g/mol. The third-order valence-corrected chi connectivity index (χ3v) is 3.45. The number of H-pyrrole nitrogens is 1.